The summed E-state index contributed by atoms with van der Waals surface area (Å²) in [5.74, 6) is -2.65. The van der Waals surface area contributed by atoms with Crippen molar-refractivity contribution in [1.29, 1.82) is 0 Å². The van der Waals surface area contributed by atoms with Gasteiger partial charge in [-0.3, -0.25) is 30.0 Å². The van der Waals surface area contributed by atoms with Crippen LogP contribution in [0.25, 0.3) is 0 Å². The summed E-state index contributed by atoms with van der Waals surface area (Å²) in [5.41, 5.74) is 3.67. The molecule has 4 N–H and O–H groups in total. The predicted molar refractivity (Wildman–Crippen MR) is 83.6 cm³/mol. The highest BCUT2D eigenvalue weighted by atomic mass is 16.4. The molecule has 2 rings (SSSR count). The highest BCUT2D eigenvalue weighted by molar-refractivity contribution is 6.08. The molecule has 1 aliphatic carbocycles. The van der Waals surface area contributed by atoms with Crippen molar-refractivity contribution < 1.29 is 24.3 Å². The molecule has 0 spiro atoms. The van der Waals surface area contributed by atoms with E-state index in [-0.39, 0.29) is 6.42 Å². The number of carbonyl (C=O) groups excluding carboxylic acids is 3. The van der Waals surface area contributed by atoms with Gasteiger partial charge in [-0.2, -0.15) is 0 Å². The van der Waals surface area contributed by atoms with Crippen LogP contribution in [0.2, 0.25) is 0 Å². The molecule has 0 radical (unpaired) electrons. The van der Waals surface area contributed by atoms with Crippen LogP contribution in [0.5, 0.6) is 0 Å². The fourth-order valence-electron chi connectivity index (χ4n) is 2.25. The molecule has 1 fully saturated rings. The smallest absolute Gasteiger partial charge is 0.305 e. The van der Waals surface area contributed by atoms with Crippen molar-refractivity contribution in [2.24, 2.45) is 5.41 Å². The molecule has 24 heavy (non-hydrogen) atoms. The van der Waals surface area contributed by atoms with Crippen molar-refractivity contribution >= 4 is 23.7 Å². The third-order valence-corrected chi connectivity index (χ3v) is 3.80. The van der Waals surface area contributed by atoms with Crippen LogP contribution >= 0.6 is 0 Å². The molecule has 128 valence electrons. The van der Waals surface area contributed by atoms with Gasteiger partial charge < -0.3 is 10.4 Å². The second-order valence-electron chi connectivity index (χ2n) is 5.83. The lowest BCUT2D eigenvalue weighted by Gasteiger charge is -2.18. The van der Waals surface area contributed by atoms with Crippen LogP contribution in [0.1, 0.15) is 36.5 Å². The predicted octanol–water partition coefficient (Wildman–Crippen LogP) is 0.207. The minimum absolute atomic E-state index is 0.228. The van der Waals surface area contributed by atoms with E-state index in [1.807, 2.05) is 0 Å². The molecular formula is C16H19N3O5. The first kappa shape index (κ1) is 17.5. The summed E-state index contributed by atoms with van der Waals surface area (Å²) >= 11 is 0. The Labute approximate surface area is 138 Å². The van der Waals surface area contributed by atoms with Crippen molar-refractivity contribution in [1.82, 2.24) is 16.2 Å². The number of carboxylic acid groups (broad SMARTS) is 1. The summed E-state index contributed by atoms with van der Waals surface area (Å²) in [6, 6.07) is 7.74. The number of benzene rings is 1. The molecule has 1 saturated carbocycles. The molecular weight excluding hydrogens is 314 g/mol. The van der Waals surface area contributed by atoms with E-state index >= 15 is 0 Å². The first-order chi connectivity index (χ1) is 11.3. The van der Waals surface area contributed by atoms with Crippen LogP contribution in [-0.2, 0) is 14.4 Å². The summed E-state index contributed by atoms with van der Waals surface area (Å²) in [4.78, 5) is 46.9. The minimum atomic E-state index is -1.24. The van der Waals surface area contributed by atoms with Crippen molar-refractivity contribution in [2.75, 3.05) is 0 Å². The maximum Gasteiger partial charge on any atom is 0.305 e. The van der Waals surface area contributed by atoms with Gasteiger partial charge in [-0.1, -0.05) is 18.2 Å². The van der Waals surface area contributed by atoms with Crippen molar-refractivity contribution in [3.8, 4) is 0 Å². The van der Waals surface area contributed by atoms with E-state index in [1.165, 1.54) is 0 Å². The van der Waals surface area contributed by atoms with Crippen LogP contribution in [0.3, 0.4) is 0 Å². The van der Waals surface area contributed by atoms with E-state index < -0.39 is 35.1 Å². The molecule has 1 aliphatic rings. The normalized spacial score (nSPS) is 15.7. The lowest BCUT2D eigenvalue weighted by Crippen LogP contribution is -2.51. The molecule has 0 bridgehead atoms. The Balaban J connectivity index is 1.88. The van der Waals surface area contributed by atoms with Gasteiger partial charge in [0.15, 0.2) is 0 Å². The van der Waals surface area contributed by atoms with E-state index in [2.05, 4.69) is 16.2 Å². The lowest BCUT2D eigenvalue weighted by molar-refractivity contribution is -0.138. The van der Waals surface area contributed by atoms with Gasteiger partial charge in [0, 0.05) is 11.6 Å². The van der Waals surface area contributed by atoms with Crippen molar-refractivity contribution in [3.63, 3.8) is 0 Å². The van der Waals surface area contributed by atoms with Crippen molar-refractivity contribution in [2.45, 2.75) is 32.2 Å². The molecule has 0 heterocycles. The van der Waals surface area contributed by atoms with E-state index in [1.54, 1.807) is 37.3 Å². The maximum absolute atomic E-state index is 12.2. The average molecular weight is 333 g/mol. The van der Waals surface area contributed by atoms with E-state index in [9.17, 15) is 19.2 Å². The number of hydrogen-bond acceptors (Lipinski definition) is 4. The monoisotopic (exact) mass is 333 g/mol. The Bertz CT molecular complexity index is 655. The first-order valence-corrected chi connectivity index (χ1v) is 7.54. The van der Waals surface area contributed by atoms with Crippen LogP contribution in [0, 0.1) is 5.41 Å². The number of aliphatic carboxylic acids is 1. The maximum atomic E-state index is 12.2. The molecule has 8 heteroatoms. The van der Waals surface area contributed by atoms with Gasteiger partial charge in [0.25, 0.3) is 11.8 Å². The van der Waals surface area contributed by atoms with Crippen molar-refractivity contribution in [3.05, 3.63) is 35.9 Å². The molecule has 3 amide bonds. The SMILES string of the molecule is C[C@H](CC(=O)O)NC(=O)C1(C(=O)NNC(=O)c2ccccc2)CC1. The standard InChI is InChI=1S/C16H19N3O5/c1-10(9-12(20)21)17-14(23)16(7-8-16)15(24)19-18-13(22)11-5-3-2-4-6-11/h2-6,10H,7-9H2,1H3,(H,17,23)(H,18,22)(H,19,24)(H,20,21)/t10-/m1/s1. The number of carbonyl (C=O) groups is 4. The highest BCUT2D eigenvalue weighted by Gasteiger charge is 2.56. The largest absolute Gasteiger partial charge is 0.481 e. The zero-order valence-corrected chi connectivity index (χ0v) is 13.2. The van der Waals surface area contributed by atoms with Gasteiger partial charge in [-0.05, 0) is 31.9 Å². The Morgan fingerprint density at radius 3 is 2.25 bits per heavy atom. The van der Waals surface area contributed by atoms with Gasteiger partial charge >= 0.3 is 5.97 Å². The zero-order chi connectivity index (χ0) is 17.7. The fourth-order valence-corrected chi connectivity index (χ4v) is 2.25. The van der Waals surface area contributed by atoms with Gasteiger partial charge in [-0.15, -0.1) is 0 Å². The Hall–Kier alpha value is -2.90. The Morgan fingerprint density at radius 1 is 1.08 bits per heavy atom. The molecule has 0 unspecified atom stereocenters. The molecule has 1 atom stereocenters. The van der Waals surface area contributed by atoms with Crippen LogP contribution in [0.15, 0.2) is 30.3 Å². The molecule has 1 aromatic rings. The summed E-state index contributed by atoms with van der Waals surface area (Å²) in [6.07, 6.45) is 0.478. The molecule has 0 saturated heterocycles. The minimum Gasteiger partial charge on any atom is -0.481 e. The Kier molecular flexibility index (Phi) is 5.18. The van der Waals surface area contributed by atoms with Gasteiger partial charge in [0.05, 0.1) is 6.42 Å². The number of rotatable bonds is 6. The second kappa shape index (κ2) is 7.12. The summed E-state index contributed by atoms with van der Waals surface area (Å²) < 4.78 is 0. The summed E-state index contributed by atoms with van der Waals surface area (Å²) in [7, 11) is 0. The van der Waals surface area contributed by atoms with Crippen LogP contribution < -0.4 is 16.2 Å². The first-order valence-electron chi connectivity index (χ1n) is 7.54. The van der Waals surface area contributed by atoms with E-state index in [4.69, 9.17) is 5.11 Å². The van der Waals surface area contributed by atoms with Gasteiger partial charge in [0.2, 0.25) is 5.91 Å². The molecule has 0 aromatic heterocycles. The number of hydrogen-bond donors (Lipinski definition) is 4. The topological polar surface area (TPSA) is 125 Å². The summed E-state index contributed by atoms with van der Waals surface area (Å²) in [5, 5.41) is 11.2. The number of amides is 3. The fraction of sp³-hybridized carbons (Fsp3) is 0.375. The second-order valence-corrected chi connectivity index (χ2v) is 5.83. The number of hydrazine groups is 1. The quantitative estimate of drug-likeness (QED) is 0.437. The Morgan fingerprint density at radius 2 is 1.71 bits per heavy atom. The summed E-state index contributed by atoms with van der Waals surface area (Å²) in [6.45, 7) is 1.55. The van der Waals surface area contributed by atoms with Gasteiger partial charge in [0.1, 0.15) is 5.41 Å². The van der Waals surface area contributed by atoms with E-state index in [0.29, 0.717) is 18.4 Å². The lowest BCUT2D eigenvalue weighted by atomic mass is 10.0. The third kappa shape index (κ3) is 4.09. The van der Waals surface area contributed by atoms with Crippen LogP contribution in [-0.4, -0.2) is 34.8 Å². The highest BCUT2D eigenvalue weighted by Crippen LogP contribution is 2.46. The molecule has 1 aromatic carbocycles. The number of carboxylic acids is 1. The third-order valence-electron chi connectivity index (χ3n) is 3.80. The molecule has 0 aliphatic heterocycles. The molecule has 8 nitrogen and oxygen atoms in total. The van der Waals surface area contributed by atoms with E-state index in [0.717, 1.165) is 0 Å². The van der Waals surface area contributed by atoms with Crippen LogP contribution in [0.4, 0.5) is 0 Å². The van der Waals surface area contributed by atoms with Gasteiger partial charge in [-0.25, -0.2) is 0 Å². The number of nitrogens with one attached hydrogen (secondary N) is 3. The average Bonchev–Trinajstić information content (AvgIpc) is 3.34. The zero-order valence-electron chi connectivity index (χ0n) is 13.2.